The summed E-state index contributed by atoms with van der Waals surface area (Å²) in [7, 11) is 1.59. The summed E-state index contributed by atoms with van der Waals surface area (Å²) in [5.74, 6) is 1.06. The lowest BCUT2D eigenvalue weighted by atomic mass is 9.96. The van der Waals surface area contributed by atoms with E-state index in [4.69, 9.17) is 15.2 Å². The molecule has 0 spiro atoms. The summed E-state index contributed by atoms with van der Waals surface area (Å²) in [5.41, 5.74) is 5.31. The van der Waals surface area contributed by atoms with Crippen molar-refractivity contribution in [3.63, 3.8) is 0 Å². The van der Waals surface area contributed by atoms with Crippen LogP contribution in [0.4, 0.5) is 0 Å². The largest absolute Gasteiger partial charge is 0.493 e. The van der Waals surface area contributed by atoms with Crippen LogP contribution in [-0.4, -0.2) is 51.7 Å². The quantitative estimate of drug-likeness (QED) is 0.529. The summed E-state index contributed by atoms with van der Waals surface area (Å²) in [6, 6.07) is 7.40. The predicted molar refractivity (Wildman–Crippen MR) is 89.0 cm³/mol. The third-order valence-corrected chi connectivity index (χ3v) is 4.26. The van der Waals surface area contributed by atoms with Gasteiger partial charge in [-0.3, -0.25) is 9.59 Å². The maximum absolute atomic E-state index is 12.0. The number of ether oxygens (including phenoxy) is 2. The molecule has 0 saturated carbocycles. The van der Waals surface area contributed by atoms with E-state index < -0.39 is 0 Å². The maximum atomic E-state index is 12.0. The van der Waals surface area contributed by atoms with E-state index in [1.54, 1.807) is 7.11 Å². The predicted octanol–water partition coefficient (Wildman–Crippen LogP) is -1.03. The molecular weight excluding hydrogens is 310 g/mol. The van der Waals surface area contributed by atoms with Crippen LogP contribution in [0.25, 0.3) is 0 Å². The smallest absolute Gasteiger partial charge is 0.275 e. The third-order valence-electron chi connectivity index (χ3n) is 4.26. The lowest BCUT2D eigenvalue weighted by Crippen LogP contribution is -3.14. The van der Waals surface area contributed by atoms with Gasteiger partial charge in [0.2, 0.25) is 5.91 Å². The molecule has 0 unspecified atom stereocenters. The van der Waals surface area contributed by atoms with Gasteiger partial charge in [0.25, 0.3) is 5.91 Å². The minimum absolute atomic E-state index is 0.00819. The van der Waals surface area contributed by atoms with Crippen molar-refractivity contribution in [3.8, 4) is 11.5 Å². The molecule has 24 heavy (non-hydrogen) atoms. The molecular formula is C17H26N3O4+. The maximum Gasteiger partial charge on any atom is 0.275 e. The number of methoxy groups -OCH3 is 1. The monoisotopic (exact) mass is 336 g/mol. The number of primary amides is 1. The number of amides is 2. The van der Waals surface area contributed by atoms with Gasteiger partial charge in [-0.15, -0.1) is 0 Å². The number of para-hydroxylation sites is 2. The summed E-state index contributed by atoms with van der Waals surface area (Å²) in [4.78, 5) is 24.3. The molecule has 7 nitrogen and oxygen atoms in total. The molecule has 4 N–H and O–H groups in total. The Balaban J connectivity index is 1.63. The molecule has 0 aromatic heterocycles. The summed E-state index contributed by atoms with van der Waals surface area (Å²) < 4.78 is 10.8. The van der Waals surface area contributed by atoms with E-state index in [1.165, 1.54) is 4.90 Å². The van der Waals surface area contributed by atoms with Crippen molar-refractivity contribution in [2.45, 2.75) is 12.8 Å². The topological polar surface area (TPSA) is 95.1 Å². The Morgan fingerprint density at radius 3 is 2.54 bits per heavy atom. The lowest BCUT2D eigenvalue weighted by Gasteiger charge is -2.27. The van der Waals surface area contributed by atoms with E-state index >= 15 is 0 Å². The fourth-order valence-electron chi connectivity index (χ4n) is 2.87. The van der Waals surface area contributed by atoms with Gasteiger partial charge in [0.15, 0.2) is 18.0 Å². The molecule has 1 saturated heterocycles. The average molecular weight is 336 g/mol. The highest BCUT2D eigenvalue weighted by molar-refractivity contribution is 5.77. The van der Waals surface area contributed by atoms with Crippen LogP contribution in [0.15, 0.2) is 24.3 Å². The van der Waals surface area contributed by atoms with Crippen LogP contribution in [0.3, 0.4) is 0 Å². The molecule has 132 valence electrons. The fourth-order valence-corrected chi connectivity index (χ4v) is 2.87. The molecule has 1 aromatic rings. The Morgan fingerprint density at radius 2 is 1.92 bits per heavy atom. The Bertz CT molecular complexity index is 557. The molecule has 7 heteroatoms. The molecule has 0 bridgehead atoms. The van der Waals surface area contributed by atoms with Gasteiger partial charge in [-0.1, -0.05) is 12.1 Å². The Kier molecular flexibility index (Phi) is 6.87. The van der Waals surface area contributed by atoms with Gasteiger partial charge >= 0.3 is 0 Å². The zero-order valence-corrected chi connectivity index (χ0v) is 14.0. The highest BCUT2D eigenvalue weighted by Crippen LogP contribution is 2.25. The molecule has 2 rings (SSSR count). The Labute approximate surface area is 142 Å². The minimum atomic E-state index is -0.230. The number of likely N-dealkylation sites (tertiary alicyclic amines) is 1. The van der Waals surface area contributed by atoms with Gasteiger partial charge in [-0.25, -0.2) is 0 Å². The molecule has 0 atom stereocenters. The van der Waals surface area contributed by atoms with Crippen molar-refractivity contribution < 1.29 is 24.0 Å². The number of benzene rings is 1. The third kappa shape index (κ3) is 5.42. The van der Waals surface area contributed by atoms with Crippen molar-refractivity contribution in [1.82, 2.24) is 5.32 Å². The van der Waals surface area contributed by atoms with Gasteiger partial charge in [0, 0.05) is 18.8 Å². The summed E-state index contributed by atoms with van der Waals surface area (Å²) >= 11 is 0. The van der Waals surface area contributed by atoms with Crippen LogP contribution in [0.2, 0.25) is 0 Å². The fraction of sp³-hybridized carbons (Fsp3) is 0.529. The van der Waals surface area contributed by atoms with Crippen molar-refractivity contribution >= 4 is 11.8 Å². The van der Waals surface area contributed by atoms with Crippen molar-refractivity contribution in [2.75, 3.05) is 39.9 Å². The van der Waals surface area contributed by atoms with Gasteiger partial charge < -0.3 is 25.4 Å². The number of carbonyl (C=O) groups excluding carboxylic acids is 2. The van der Waals surface area contributed by atoms with Gasteiger partial charge in [-0.2, -0.15) is 0 Å². The van der Waals surface area contributed by atoms with Crippen molar-refractivity contribution in [3.05, 3.63) is 24.3 Å². The number of carbonyl (C=O) groups is 2. The number of nitrogens with one attached hydrogen (secondary N) is 2. The van der Waals surface area contributed by atoms with Crippen molar-refractivity contribution in [1.29, 1.82) is 0 Å². The normalized spacial score (nSPS) is 20.2. The molecule has 1 aliphatic rings. The zero-order valence-electron chi connectivity index (χ0n) is 14.0. The van der Waals surface area contributed by atoms with Crippen LogP contribution in [0.1, 0.15) is 12.8 Å². The second kappa shape index (κ2) is 9.12. The number of piperidine rings is 1. The number of nitrogens with two attached hydrogens (primary N) is 1. The first-order valence-corrected chi connectivity index (χ1v) is 8.25. The first-order valence-electron chi connectivity index (χ1n) is 8.25. The van der Waals surface area contributed by atoms with Crippen molar-refractivity contribution in [2.24, 2.45) is 11.7 Å². The number of rotatable bonds is 8. The van der Waals surface area contributed by atoms with Gasteiger partial charge in [0.1, 0.15) is 6.61 Å². The number of quaternary nitrogens is 1. The molecule has 1 fully saturated rings. The lowest BCUT2D eigenvalue weighted by molar-refractivity contribution is -0.897. The molecule has 1 aliphatic heterocycles. The number of hydrogen-bond donors (Lipinski definition) is 3. The number of hydrogen-bond acceptors (Lipinski definition) is 4. The van der Waals surface area contributed by atoms with E-state index in [-0.39, 0.29) is 17.7 Å². The van der Waals surface area contributed by atoms with Gasteiger partial charge in [0.05, 0.1) is 26.7 Å². The first kappa shape index (κ1) is 18.1. The SMILES string of the molecule is COc1ccccc1OCCNC(=O)C[NH+]1CCC(C(N)=O)CC1. The second-order valence-electron chi connectivity index (χ2n) is 5.95. The highest BCUT2D eigenvalue weighted by atomic mass is 16.5. The van der Waals surface area contributed by atoms with E-state index in [0.29, 0.717) is 31.2 Å². The van der Waals surface area contributed by atoms with Gasteiger partial charge in [-0.05, 0) is 12.1 Å². The molecule has 2 amide bonds. The van der Waals surface area contributed by atoms with Crippen LogP contribution in [0.5, 0.6) is 11.5 Å². The molecule has 1 heterocycles. The van der Waals surface area contributed by atoms with E-state index in [2.05, 4.69) is 5.32 Å². The summed E-state index contributed by atoms with van der Waals surface area (Å²) in [6.07, 6.45) is 1.52. The summed E-state index contributed by atoms with van der Waals surface area (Å²) in [6.45, 7) is 2.84. The molecule has 0 radical (unpaired) electrons. The standard InChI is InChI=1S/C17H25N3O4/c1-23-14-4-2-3-5-15(14)24-11-8-19-16(21)12-20-9-6-13(7-10-20)17(18)22/h2-5,13H,6-12H2,1H3,(H2,18,22)(H,19,21)/p+1. The minimum Gasteiger partial charge on any atom is -0.493 e. The van der Waals surface area contributed by atoms with E-state index in [1.807, 2.05) is 24.3 Å². The average Bonchev–Trinajstić information content (AvgIpc) is 2.59. The van der Waals surface area contributed by atoms with Crippen LogP contribution < -0.4 is 25.4 Å². The Morgan fingerprint density at radius 1 is 1.25 bits per heavy atom. The Hall–Kier alpha value is -2.28. The zero-order chi connectivity index (χ0) is 17.4. The molecule has 1 aromatic carbocycles. The van der Waals surface area contributed by atoms with Crippen LogP contribution in [0, 0.1) is 5.92 Å². The van der Waals surface area contributed by atoms with Crippen LogP contribution in [-0.2, 0) is 9.59 Å². The van der Waals surface area contributed by atoms with E-state index in [9.17, 15) is 9.59 Å². The first-order chi connectivity index (χ1) is 11.6. The summed E-state index contributed by atoms with van der Waals surface area (Å²) in [5, 5.41) is 2.85. The van der Waals surface area contributed by atoms with Crippen LogP contribution >= 0.6 is 0 Å². The second-order valence-corrected chi connectivity index (χ2v) is 5.95. The van der Waals surface area contributed by atoms with E-state index in [0.717, 1.165) is 25.9 Å². The molecule has 0 aliphatic carbocycles. The highest BCUT2D eigenvalue weighted by Gasteiger charge is 2.26.